The molecule has 0 heterocycles. The van der Waals surface area contributed by atoms with Crippen LogP contribution in [0, 0.1) is 0 Å². The van der Waals surface area contributed by atoms with Gasteiger partial charge < -0.3 is 9.47 Å². The Bertz CT molecular complexity index is 820. The number of hydrazine groups is 1. The summed E-state index contributed by atoms with van der Waals surface area (Å²) < 4.78 is 10.2. The van der Waals surface area contributed by atoms with Crippen LogP contribution in [-0.2, 0) is 22.5 Å². The van der Waals surface area contributed by atoms with E-state index in [9.17, 15) is 9.59 Å². The number of rotatable bonds is 8. The standard InChI is InChI=1S/C24H32N2O4/c1-5-7-10-19-13-15-20(16-14-19)17-30-24(28)26(25-23(27)29-4)22-12-9-8-11-21(22)18(3)6-2/h8-9,11-16,18H,5-7,10,17H2,1-4H3,(H,25,27). The van der Waals surface area contributed by atoms with E-state index in [4.69, 9.17) is 4.74 Å². The van der Waals surface area contributed by atoms with Gasteiger partial charge in [0.25, 0.3) is 0 Å². The topological polar surface area (TPSA) is 67.9 Å². The molecule has 0 aliphatic heterocycles. The molecular weight excluding hydrogens is 380 g/mol. The summed E-state index contributed by atoms with van der Waals surface area (Å²) in [5.41, 5.74) is 6.13. The van der Waals surface area contributed by atoms with Gasteiger partial charge in [0.05, 0.1) is 12.8 Å². The number of ether oxygens (including phenoxy) is 2. The normalized spacial score (nSPS) is 11.5. The fourth-order valence-electron chi connectivity index (χ4n) is 3.06. The Morgan fingerprint density at radius 1 is 1.03 bits per heavy atom. The van der Waals surface area contributed by atoms with Crippen LogP contribution in [0.25, 0.3) is 0 Å². The molecule has 2 aromatic rings. The molecule has 0 aromatic heterocycles. The molecule has 0 saturated carbocycles. The first-order valence-electron chi connectivity index (χ1n) is 10.5. The van der Waals surface area contributed by atoms with Gasteiger partial charge in [0, 0.05) is 0 Å². The molecule has 0 bridgehead atoms. The summed E-state index contributed by atoms with van der Waals surface area (Å²) >= 11 is 0. The first-order chi connectivity index (χ1) is 14.5. The summed E-state index contributed by atoms with van der Waals surface area (Å²) in [5, 5.41) is 1.11. The van der Waals surface area contributed by atoms with Crippen LogP contribution in [0.4, 0.5) is 15.3 Å². The zero-order valence-electron chi connectivity index (χ0n) is 18.3. The van der Waals surface area contributed by atoms with Crippen LogP contribution < -0.4 is 10.4 Å². The Morgan fingerprint density at radius 3 is 2.33 bits per heavy atom. The van der Waals surface area contributed by atoms with Crippen molar-refractivity contribution >= 4 is 17.9 Å². The van der Waals surface area contributed by atoms with Gasteiger partial charge >= 0.3 is 12.2 Å². The third-order valence-corrected chi connectivity index (χ3v) is 5.10. The summed E-state index contributed by atoms with van der Waals surface area (Å²) in [6, 6.07) is 15.5. The highest BCUT2D eigenvalue weighted by Gasteiger charge is 2.24. The lowest BCUT2D eigenvalue weighted by Crippen LogP contribution is -2.47. The highest BCUT2D eigenvalue weighted by Crippen LogP contribution is 2.29. The van der Waals surface area contributed by atoms with Gasteiger partial charge in [-0.15, -0.1) is 0 Å². The van der Waals surface area contributed by atoms with E-state index in [0.29, 0.717) is 5.69 Å². The summed E-state index contributed by atoms with van der Waals surface area (Å²) in [5.74, 6) is 0.201. The summed E-state index contributed by atoms with van der Waals surface area (Å²) in [6.45, 7) is 6.42. The molecule has 0 fully saturated rings. The first-order valence-corrected chi connectivity index (χ1v) is 10.5. The van der Waals surface area contributed by atoms with E-state index in [2.05, 4.69) is 43.1 Å². The van der Waals surface area contributed by atoms with E-state index in [1.165, 1.54) is 12.7 Å². The van der Waals surface area contributed by atoms with E-state index in [-0.39, 0.29) is 12.5 Å². The number of amides is 2. The Balaban J connectivity index is 2.15. The lowest BCUT2D eigenvalue weighted by molar-refractivity contribution is 0.138. The predicted molar refractivity (Wildman–Crippen MR) is 118 cm³/mol. The number of methoxy groups -OCH3 is 1. The highest BCUT2D eigenvalue weighted by atomic mass is 16.6. The number of carbonyl (C=O) groups is 2. The lowest BCUT2D eigenvalue weighted by Gasteiger charge is -2.26. The second-order valence-corrected chi connectivity index (χ2v) is 7.28. The smallest absolute Gasteiger partial charge is 0.433 e. The fourth-order valence-corrected chi connectivity index (χ4v) is 3.06. The van der Waals surface area contributed by atoms with E-state index in [1.54, 1.807) is 6.07 Å². The minimum atomic E-state index is -0.744. The van der Waals surface area contributed by atoms with Crippen molar-refractivity contribution < 1.29 is 19.1 Å². The number of aryl methyl sites for hydroxylation is 1. The molecule has 2 aromatic carbocycles. The quantitative estimate of drug-likeness (QED) is 0.544. The number of anilines is 1. The molecule has 0 spiro atoms. The minimum absolute atomic E-state index is 0.109. The van der Waals surface area contributed by atoms with Crippen molar-refractivity contribution in [3.05, 3.63) is 65.2 Å². The van der Waals surface area contributed by atoms with Crippen molar-refractivity contribution in [3.63, 3.8) is 0 Å². The molecule has 0 radical (unpaired) electrons. The molecular formula is C24H32N2O4. The van der Waals surface area contributed by atoms with Crippen LogP contribution in [0.3, 0.4) is 0 Å². The molecule has 2 amide bonds. The highest BCUT2D eigenvalue weighted by molar-refractivity contribution is 5.91. The molecule has 6 nitrogen and oxygen atoms in total. The number of nitrogens with zero attached hydrogens (tertiary/aromatic N) is 1. The molecule has 0 aliphatic rings. The Morgan fingerprint density at radius 2 is 1.70 bits per heavy atom. The number of hydrogen-bond acceptors (Lipinski definition) is 4. The largest absolute Gasteiger partial charge is 0.452 e. The number of unbranched alkanes of at least 4 members (excludes halogenated alkanes) is 1. The average molecular weight is 413 g/mol. The van der Waals surface area contributed by atoms with Gasteiger partial charge in [0.2, 0.25) is 0 Å². The summed E-state index contributed by atoms with van der Waals surface area (Å²) in [4.78, 5) is 24.7. The van der Waals surface area contributed by atoms with Crippen molar-refractivity contribution in [2.75, 3.05) is 12.1 Å². The Kier molecular flexibility index (Phi) is 9.19. The van der Waals surface area contributed by atoms with Crippen LogP contribution in [0.5, 0.6) is 0 Å². The van der Waals surface area contributed by atoms with E-state index >= 15 is 0 Å². The van der Waals surface area contributed by atoms with Crippen molar-refractivity contribution in [2.24, 2.45) is 0 Å². The van der Waals surface area contributed by atoms with E-state index < -0.39 is 12.2 Å². The number of hydrogen-bond donors (Lipinski definition) is 1. The van der Waals surface area contributed by atoms with Crippen molar-refractivity contribution in [1.29, 1.82) is 0 Å². The van der Waals surface area contributed by atoms with E-state index in [0.717, 1.165) is 41.8 Å². The van der Waals surface area contributed by atoms with Gasteiger partial charge in [-0.3, -0.25) is 0 Å². The third-order valence-electron chi connectivity index (χ3n) is 5.10. The number of benzene rings is 2. The average Bonchev–Trinajstić information content (AvgIpc) is 2.79. The molecule has 30 heavy (non-hydrogen) atoms. The van der Waals surface area contributed by atoms with Crippen molar-refractivity contribution in [2.45, 2.75) is 59.0 Å². The molecule has 162 valence electrons. The van der Waals surface area contributed by atoms with Crippen LogP contribution in [0.1, 0.15) is 62.6 Å². The molecule has 1 atom stereocenters. The van der Waals surface area contributed by atoms with Gasteiger partial charge in [-0.05, 0) is 47.9 Å². The minimum Gasteiger partial charge on any atom is -0.452 e. The third kappa shape index (κ3) is 6.51. The van der Waals surface area contributed by atoms with Gasteiger partial charge in [0.15, 0.2) is 0 Å². The predicted octanol–water partition coefficient (Wildman–Crippen LogP) is 5.96. The Labute approximate surface area is 179 Å². The van der Waals surface area contributed by atoms with Crippen molar-refractivity contribution in [1.82, 2.24) is 5.43 Å². The molecule has 1 N–H and O–H groups in total. The molecule has 1 unspecified atom stereocenters. The van der Waals surface area contributed by atoms with Gasteiger partial charge in [-0.2, -0.15) is 5.01 Å². The second-order valence-electron chi connectivity index (χ2n) is 7.28. The fraction of sp³-hybridized carbons (Fsp3) is 0.417. The zero-order chi connectivity index (χ0) is 21.9. The van der Waals surface area contributed by atoms with Gasteiger partial charge in [0.1, 0.15) is 6.61 Å². The van der Waals surface area contributed by atoms with Crippen LogP contribution in [0.15, 0.2) is 48.5 Å². The maximum atomic E-state index is 12.9. The second kappa shape index (κ2) is 11.9. The summed E-state index contributed by atoms with van der Waals surface area (Å²) in [7, 11) is 1.25. The molecule has 2 rings (SSSR count). The SMILES string of the molecule is CCCCc1ccc(COC(=O)N(NC(=O)OC)c2ccccc2C(C)CC)cc1. The summed E-state index contributed by atoms with van der Waals surface area (Å²) in [6.07, 6.45) is 2.82. The number of carbonyl (C=O) groups excluding carboxylic acids is 2. The monoisotopic (exact) mass is 412 g/mol. The molecule has 0 saturated heterocycles. The van der Waals surface area contributed by atoms with Crippen LogP contribution in [0.2, 0.25) is 0 Å². The molecule has 0 aliphatic carbocycles. The van der Waals surface area contributed by atoms with E-state index in [1.807, 2.05) is 30.3 Å². The van der Waals surface area contributed by atoms with Gasteiger partial charge in [-0.25, -0.2) is 15.0 Å². The lowest BCUT2D eigenvalue weighted by atomic mass is 9.97. The maximum Gasteiger partial charge on any atom is 0.433 e. The van der Waals surface area contributed by atoms with Crippen molar-refractivity contribution in [3.8, 4) is 0 Å². The van der Waals surface area contributed by atoms with Crippen LogP contribution in [-0.4, -0.2) is 19.3 Å². The Hall–Kier alpha value is -3.02. The first kappa shape index (κ1) is 23.3. The number of para-hydroxylation sites is 1. The zero-order valence-corrected chi connectivity index (χ0v) is 18.3. The maximum absolute atomic E-state index is 12.9. The van der Waals surface area contributed by atoms with Crippen LogP contribution >= 0.6 is 0 Å². The number of nitrogens with one attached hydrogen (secondary N) is 1. The van der Waals surface area contributed by atoms with Gasteiger partial charge in [-0.1, -0.05) is 69.7 Å². The molecule has 6 heteroatoms.